The average Bonchev–Trinajstić information content (AvgIpc) is 2.97. The third kappa shape index (κ3) is 4.38. The van der Waals surface area contributed by atoms with Gasteiger partial charge in [-0.1, -0.05) is 36.6 Å². The van der Waals surface area contributed by atoms with Crippen LogP contribution in [0.15, 0.2) is 18.2 Å². The first kappa shape index (κ1) is 19.8. The van der Waals surface area contributed by atoms with Crippen LogP contribution in [0.1, 0.15) is 48.4 Å². The summed E-state index contributed by atoms with van der Waals surface area (Å²) in [4.78, 5) is 2.74. The Bertz CT molecular complexity index is 452. The Morgan fingerprint density at radius 3 is 2.27 bits per heavy atom. The molecule has 1 saturated heterocycles. The molecule has 2 fully saturated rings. The normalized spacial score (nSPS) is 21.0. The molecule has 22 heavy (non-hydrogen) atoms. The third-order valence-electron chi connectivity index (χ3n) is 5.14. The van der Waals surface area contributed by atoms with Gasteiger partial charge in [-0.05, 0) is 43.7 Å². The van der Waals surface area contributed by atoms with Crippen molar-refractivity contribution in [3.05, 3.63) is 34.9 Å². The minimum Gasteiger partial charge on any atom is -0.314 e. The summed E-state index contributed by atoms with van der Waals surface area (Å²) in [7, 11) is 0. The van der Waals surface area contributed by atoms with Crippen molar-refractivity contribution in [3.8, 4) is 0 Å². The van der Waals surface area contributed by atoms with Crippen LogP contribution < -0.4 is 5.32 Å². The van der Waals surface area contributed by atoms with Crippen LogP contribution in [0.4, 0.5) is 0 Å². The monoisotopic (exact) mass is 344 g/mol. The molecule has 1 aromatic carbocycles. The van der Waals surface area contributed by atoms with Gasteiger partial charge in [0.25, 0.3) is 0 Å². The van der Waals surface area contributed by atoms with Crippen LogP contribution in [0, 0.1) is 19.8 Å². The predicted octanol–water partition coefficient (Wildman–Crippen LogP) is 4.28. The first-order chi connectivity index (χ1) is 9.75. The van der Waals surface area contributed by atoms with Crippen LogP contribution in [0.25, 0.3) is 0 Å². The van der Waals surface area contributed by atoms with Gasteiger partial charge in [-0.25, -0.2) is 0 Å². The van der Waals surface area contributed by atoms with Crippen molar-refractivity contribution in [3.63, 3.8) is 0 Å². The molecule has 1 heterocycles. The molecule has 2 nitrogen and oxygen atoms in total. The van der Waals surface area contributed by atoms with E-state index >= 15 is 0 Å². The molecule has 4 heteroatoms. The molecular weight excluding hydrogens is 315 g/mol. The van der Waals surface area contributed by atoms with E-state index in [0.29, 0.717) is 6.04 Å². The van der Waals surface area contributed by atoms with E-state index in [2.05, 4.69) is 42.3 Å². The molecule has 0 amide bonds. The molecule has 0 radical (unpaired) electrons. The summed E-state index contributed by atoms with van der Waals surface area (Å²) in [5, 5.41) is 3.49. The van der Waals surface area contributed by atoms with Gasteiger partial charge in [-0.15, -0.1) is 24.8 Å². The molecule has 3 rings (SSSR count). The molecule has 0 unspecified atom stereocenters. The second-order valence-corrected chi connectivity index (χ2v) is 6.64. The van der Waals surface area contributed by atoms with Crippen molar-refractivity contribution >= 4 is 24.8 Å². The second-order valence-electron chi connectivity index (χ2n) is 6.64. The smallest absolute Gasteiger partial charge is 0.0379 e. The maximum absolute atomic E-state index is 3.49. The van der Waals surface area contributed by atoms with Crippen molar-refractivity contribution in [1.82, 2.24) is 10.2 Å². The van der Waals surface area contributed by atoms with Gasteiger partial charge in [0.1, 0.15) is 0 Å². The molecule has 1 aromatic rings. The number of halogens is 2. The van der Waals surface area contributed by atoms with Gasteiger partial charge in [0.15, 0.2) is 0 Å². The van der Waals surface area contributed by atoms with Crippen LogP contribution in [-0.2, 0) is 0 Å². The summed E-state index contributed by atoms with van der Waals surface area (Å²) in [5.74, 6) is 0.870. The second kappa shape index (κ2) is 9.12. The Hall–Kier alpha value is -0.280. The number of benzene rings is 1. The molecule has 0 bridgehead atoms. The minimum absolute atomic E-state index is 0. The lowest BCUT2D eigenvalue weighted by Crippen LogP contribution is -2.46. The molecule has 2 aliphatic rings. The summed E-state index contributed by atoms with van der Waals surface area (Å²) < 4.78 is 0. The number of nitrogens with one attached hydrogen (secondary N) is 1. The molecule has 0 aromatic heterocycles. The van der Waals surface area contributed by atoms with E-state index in [1.807, 2.05) is 0 Å². The van der Waals surface area contributed by atoms with E-state index in [1.54, 1.807) is 5.56 Å². The molecule has 1 aliphatic carbocycles. The Morgan fingerprint density at radius 1 is 1.05 bits per heavy atom. The summed E-state index contributed by atoms with van der Waals surface area (Å²) in [6, 6.07) is 7.71. The van der Waals surface area contributed by atoms with Crippen LogP contribution in [0.3, 0.4) is 0 Å². The lowest BCUT2D eigenvalue weighted by Gasteiger charge is -2.39. The van der Waals surface area contributed by atoms with Gasteiger partial charge in [-0.2, -0.15) is 0 Å². The van der Waals surface area contributed by atoms with Gasteiger partial charge in [0.2, 0.25) is 0 Å². The van der Waals surface area contributed by atoms with Gasteiger partial charge in [0.05, 0.1) is 0 Å². The van der Waals surface area contributed by atoms with Crippen LogP contribution in [-0.4, -0.2) is 31.1 Å². The number of rotatable bonds is 3. The number of piperazine rings is 1. The molecule has 1 atom stereocenters. The van der Waals surface area contributed by atoms with Crippen molar-refractivity contribution in [2.75, 3.05) is 26.2 Å². The number of nitrogens with zero attached hydrogens (tertiary/aromatic N) is 1. The Morgan fingerprint density at radius 2 is 1.68 bits per heavy atom. The number of hydrogen-bond acceptors (Lipinski definition) is 2. The molecule has 1 N–H and O–H groups in total. The van der Waals surface area contributed by atoms with E-state index in [0.717, 1.165) is 19.0 Å². The fourth-order valence-electron chi connectivity index (χ4n) is 4.14. The van der Waals surface area contributed by atoms with Crippen molar-refractivity contribution < 1.29 is 0 Å². The SMILES string of the molecule is Cc1ccc([C@H](C2CCCC2)N2CCNCC2)c(C)c1.Cl.Cl. The largest absolute Gasteiger partial charge is 0.314 e. The summed E-state index contributed by atoms with van der Waals surface area (Å²) in [6.45, 7) is 9.20. The molecular formula is C18H30Cl2N2. The highest BCUT2D eigenvalue weighted by Gasteiger charge is 2.32. The number of hydrogen-bond donors (Lipinski definition) is 1. The van der Waals surface area contributed by atoms with Crippen molar-refractivity contribution in [2.45, 2.75) is 45.6 Å². The Labute approximate surface area is 147 Å². The topological polar surface area (TPSA) is 15.3 Å². The first-order valence-electron chi connectivity index (χ1n) is 8.27. The maximum Gasteiger partial charge on any atom is 0.0379 e. The highest BCUT2D eigenvalue weighted by atomic mass is 35.5. The van der Waals surface area contributed by atoms with E-state index in [-0.39, 0.29) is 24.8 Å². The maximum atomic E-state index is 3.49. The van der Waals surface area contributed by atoms with Gasteiger partial charge in [-0.3, -0.25) is 4.90 Å². The van der Waals surface area contributed by atoms with Crippen molar-refractivity contribution in [2.24, 2.45) is 5.92 Å². The summed E-state index contributed by atoms with van der Waals surface area (Å²) in [5.41, 5.74) is 4.46. The van der Waals surface area contributed by atoms with Crippen LogP contribution in [0.2, 0.25) is 0 Å². The number of aryl methyl sites for hydroxylation is 2. The zero-order valence-electron chi connectivity index (χ0n) is 13.8. The fraction of sp³-hybridized carbons (Fsp3) is 0.667. The van der Waals surface area contributed by atoms with Gasteiger partial charge >= 0.3 is 0 Å². The lowest BCUT2D eigenvalue weighted by molar-refractivity contribution is 0.125. The summed E-state index contributed by atoms with van der Waals surface area (Å²) >= 11 is 0. The van der Waals surface area contributed by atoms with E-state index < -0.39 is 0 Å². The zero-order valence-corrected chi connectivity index (χ0v) is 15.4. The minimum atomic E-state index is 0. The quantitative estimate of drug-likeness (QED) is 0.879. The molecule has 126 valence electrons. The first-order valence-corrected chi connectivity index (χ1v) is 8.27. The van der Waals surface area contributed by atoms with E-state index in [9.17, 15) is 0 Å². The van der Waals surface area contributed by atoms with Crippen molar-refractivity contribution in [1.29, 1.82) is 0 Å². The molecule has 1 aliphatic heterocycles. The standard InChI is InChI=1S/C18H28N2.2ClH/c1-14-7-8-17(15(2)13-14)18(16-5-3-4-6-16)20-11-9-19-10-12-20;;/h7-8,13,16,18-19H,3-6,9-12H2,1-2H3;2*1H/t18-;;/m0../s1. The predicted molar refractivity (Wildman–Crippen MR) is 99.6 cm³/mol. The lowest BCUT2D eigenvalue weighted by atomic mass is 9.87. The van der Waals surface area contributed by atoms with Gasteiger partial charge in [0, 0.05) is 32.2 Å². The molecule has 1 saturated carbocycles. The van der Waals surface area contributed by atoms with Crippen LogP contribution in [0.5, 0.6) is 0 Å². The third-order valence-corrected chi connectivity index (χ3v) is 5.14. The van der Waals surface area contributed by atoms with Gasteiger partial charge < -0.3 is 5.32 Å². The average molecular weight is 345 g/mol. The Balaban J connectivity index is 0.00000121. The van der Waals surface area contributed by atoms with Crippen LogP contribution >= 0.6 is 24.8 Å². The zero-order chi connectivity index (χ0) is 13.9. The molecule has 0 spiro atoms. The highest BCUT2D eigenvalue weighted by molar-refractivity contribution is 5.85. The van der Waals surface area contributed by atoms with E-state index in [1.165, 1.54) is 49.9 Å². The summed E-state index contributed by atoms with van der Waals surface area (Å²) in [6.07, 6.45) is 5.69. The Kier molecular flexibility index (Phi) is 8.20. The van der Waals surface area contributed by atoms with E-state index in [4.69, 9.17) is 0 Å². The highest BCUT2D eigenvalue weighted by Crippen LogP contribution is 2.40. The fourth-order valence-corrected chi connectivity index (χ4v) is 4.14.